The lowest BCUT2D eigenvalue weighted by Gasteiger charge is -2.35. The zero-order valence-corrected chi connectivity index (χ0v) is 14.4. The van der Waals surface area contributed by atoms with Crippen LogP contribution in [0.4, 0.5) is 0 Å². The highest BCUT2D eigenvalue weighted by atomic mass is 14.4. The molecule has 0 heteroatoms. The lowest BCUT2D eigenvalue weighted by molar-refractivity contribution is 0.409. The van der Waals surface area contributed by atoms with E-state index < -0.39 is 0 Å². The van der Waals surface area contributed by atoms with E-state index >= 15 is 0 Å². The van der Waals surface area contributed by atoms with Gasteiger partial charge in [0, 0.05) is 16.7 Å². The molecular formula is C22H28. The molecular weight excluding hydrogens is 264 g/mol. The van der Waals surface area contributed by atoms with Gasteiger partial charge in [-0.3, -0.25) is 0 Å². The Labute approximate surface area is 135 Å². The maximum Gasteiger partial charge on any atom is 0.0261 e. The predicted molar refractivity (Wildman–Crippen MR) is 96.6 cm³/mol. The first-order chi connectivity index (χ1) is 10.5. The van der Waals surface area contributed by atoms with Gasteiger partial charge in [0.15, 0.2) is 0 Å². The fourth-order valence-electron chi connectivity index (χ4n) is 4.12. The van der Waals surface area contributed by atoms with E-state index in [1.165, 1.54) is 29.6 Å². The largest absolute Gasteiger partial charge is 0.0761 e. The summed E-state index contributed by atoms with van der Waals surface area (Å²) in [6.45, 7) is 9.23. The monoisotopic (exact) mass is 292 g/mol. The number of hydrogen-bond acceptors (Lipinski definition) is 0. The Kier molecular flexibility index (Phi) is 3.89. The van der Waals surface area contributed by atoms with Gasteiger partial charge in [0.25, 0.3) is 0 Å². The molecule has 0 amide bonds. The minimum Gasteiger partial charge on any atom is -0.0761 e. The normalized spacial score (nSPS) is 36.0. The van der Waals surface area contributed by atoms with Crippen LogP contribution in [0.5, 0.6) is 0 Å². The smallest absolute Gasteiger partial charge is 0.0261 e. The second-order valence-electron chi connectivity index (χ2n) is 7.34. The highest BCUT2D eigenvalue weighted by molar-refractivity contribution is 5.50. The fraction of sp³-hybridized carbons (Fsp3) is 0.455. The molecule has 3 aliphatic rings. The molecule has 0 saturated carbocycles. The molecule has 0 fully saturated rings. The maximum atomic E-state index is 2.50. The molecule has 116 valence electrons. The first-order valence-corrected chi connectivity index (χ1v) is 8.71. The van der Waals surface area contributed by atoms with Crippen molar-refractivity contribution in [1.29, 1.82) is 0 Å². The molecule has 0 aromatic rings. The van der Waals surface area contributed by atoms with Crippen molar-refractivity contribution in [2.24, 2.45) is 16.7 Å². The van der Waals surface area contributed by atoms with Gasteiger partial charge in [0.2, 0.25) is 0 Å². The molecule has 0 bridgehead atoms. The van der Waals surface area contributed by atoms with E-state index in [1.807, 2.05) is 0 Å². The summed E-state index contributed by atoms with van der Waals surface area (Å²) in [6.07, 6.45) is 24.9. The van der Waals surface area contributed by atoms with Crippen LogP contribution in [0.3, 0.4) is 0 Å². The summed E-state index contributed by atoms with van der Waals surface area (Å²) in [6, 6.07) is 0. The third-order valence-electron chi connectivity index (χ3n) is 5.44. The number of rotatable bonds is 5. The van der Waals surface area contributed by atoms with Crippen molar-refractivity contribution < 1.29 is 0 Å². The van der Waals surface area contributed by atoms with E-state index in [9.17, 15) is 0 Å². The van der Waals surface area contributed by atoms with Crippen LogP contribution in [0, 0.1) is 16.7 Å². The second kappa shape index (κ2) is 5.57. The van der Waals surface area contributed by atoms with Gasteiger partial charge in [0.05, 0.1) is 0 Å². The third kappa shape index (κ3) is 2.49. The van der Waals surface area contributed by atoms with Crippen molar-refractivity contribution in [3.8, 4) is 0 Å². The zero-order valence-electron chi connectivity index (χ0n) is 14.4. The Bertz CT molecular complexity index is 635. The molecule has 0 radical (unpaired) electrons. The molecule has 3 atom stereocenters. The Hall–Kier alpha value is -1.56. The zero-order chi connectivity index (χ0) is 15.8. The fourth-order valence-corrected chi connectivity index (χ4v) is 4.12. The number of hydrogen-bond donors (Lipinski definition) is 0. The van der Waals surface area contributed by atoms with Crippen molar-refractivity contribution in [2.75, 3.05) is 0 Å². The molecule has 22 heavy (non-hydrogen) atoms. The summed E-state index contributed by atoms with van der Waals surface area (Å²) in [4.78, 5) is 0. The molecule has 0 aromatic heterocycles. The van der Waals surface area contributed by atoms with Crippen LogP contribution in [0.2, 0.25) is 0 Å². The van der Waals surface area contributed by atoms with Gasteiger partial charge in [-0.05, 0) is 25.3 Å². The summed E-state index contributed by atoms with van der Waals surface area (Å²) in [5, 5.41) is 0. The first-order valence-electron chi connectivity index (χ1n) is 8.71. The third-order valence-corrected chi connectivity index (χ3v) is 5.44. The highest BCUT2D eigenvalue weighted by Crippen LogP contribution is 2.51. The van der Waals surface area contributed by atoms with Crippen LogP contribution < -0.4 is 0 Å². The highest BCUT2D eigenvalue weighted by Gasteiger charge is 2.41. The lowest BCUT2D eigenvalue weighted by atomic mass is 9.67. The summed E-state index contributed by atoms with van der Waals surface area (Å²) >= 11 is 0. The van der Waals surface area contributed by atoms with E-state index in [0.29, 0.717) is 5.92 Å². The molecule has 0 nitrogen and oxygen atoms in total. The summed E-state index contributed by atoms with van der Waals surface area (Å²) in [5.74, 6) is 0.472. The van der Waals surface area contributed by atoms with Crippen LogP contribution in [0.1, 0.15) is 47.0 Å². The molecule has 3 aliphatic carbocycles. The van der Waals surface area contributed by atoms with E-state index in [4.69, 9.17) is 0 Å². The van der Waals surface area contributed by atoms with Crippen LogP contribution in [0.15, 0.2) is 71.4 Å². The lowest BCUT2D eigenvalue weighted by Crippen LogP contribution is -2.27. The average Bonchev–Trinajstić information content (AvgIpc) is 3.19. The molecule has 0 spiro atoms. The van der Waals surface area contributed by atoms with Crippen LogP contribution in [0.25, 0.3) is 0 Å². The van der Waals surface area contributed by atoms with Gasteiger partial charge < -0.3 is 0 Å². The quantitative estimate of drug-likeness (QED) is 0.556. The van der Waals surface area contributed by atoms with Gasteiger partial charge in [-0.2, -0.15) is 0 Å². The Morgan fingerprint density at radius 1 is 1.00 bits per heavy atom. The van der Waals surface area contributed by atoms with Crippen LogP contribution in [-0.2, 0) is 0 Å². The maximum absolute atomic E-state index is 2.50. The molecule has 0 aliphatic heterocycles. The van der Waals surface area contributed by atoms with Gasteiger partial charge in [-0.25, -0.2) is 0 Å². The number of allylic oxidation sites excluding steroid dienone is 12. The van der Waals surface area contributed by atoms with Crippen molar-refractivity contribution in [3.63, 3.8) is 0 Å². The van der Waals surface area contributed by atoms with Gasteiger partial charge >= 0.3 is 0 Å². The topological polar surface area (TPSA) is 0 Å². The molecule has 0 heterocycles. The molecule has 0 aromatic carbocycles. The van der Waals surface area contributed by atoms with Crippen molar-refractivity contribution >= 4 is 0 Å². The Morgan fingerprint density at radius 3 is 2.45 bits per heavy atom. The molecule has 3 unspecified atom stereocenters. The van der Waals surface area contributed by atoms with Crippen LogP contribution >= 0.6 is 0 Å². The summed E-state index contributed by atoms with van der Waals surface area (Å²) < 4.78 is 0. The van der Waals surface area contributed by atoms with E-state index in [1.54, 1.807) is 0 Å². The van der Waals surface area contributed by atoms with E-state index in [2.05, 4.69) is 82.4 Å². The van der Waals surface area contributed by atoms with Crippen molar-refractivity contribution in [3.05, 3.63) is 71.4 Å². The van der Waals surface area contributed by atoms with E-state index in [0.717, 1.165) is 6.42 Å². The molecule has 3 rings (SSSR count). The SMILES string of the molecule is CCCC1=CC(C)(C2C=CC=C2C2(C)C=CC(CC)=C2)C=C1. The summed E-state index contributed by atoms with van der Waals surface area (Å²) in [7, 11) is 0. The minimum absolute atomic E-state index is 0.0811. The average molecular weight is 292 g/mol. The van der Waals surface area contributed by atoms with E-state index in [-0.39, 0.29) is 10.8 Å². The molecule has 0 N–H and O–H groups in total. The second-order valence-corrected chi connectivity index (χ2v) is 7.34. The van der Waals surface area contributed by atoms with Crippen molar-refractivity contribution in [1.82, 2.24) is 0 Å². The van der Waals surface area contributed by atoms with Gasteiger partial charge in [-0.15, -0.1) is 0 Å². The standard InChI is InChI=1S/C22H28/c1-5-8-18-12-14-22(4,16-18)20-10-7-9-19(20)21(3)13-11-17(6-2)15-21/h7,9-16,20H,5-6,8H2,1-4H3. The Morgan fingerprint density at radius 2 is 1.77 bits per heavy atom. The van der Waals surface area contributed by atoms with Gasteiger partial charge in [-0.1, -0.05) is 93.0 Å². The van der Waals surface area contributed by atoms with Crippen LogP contribution in [-0.4, -0.2) is 0 Å². The first kappa shape index (κ1) is 15.3. The Balaban J connectivity index is 1.89. The van der Waals surface area contributed by atoms with Crippen molar-refractivity contribution in [2.45, 2.75) is 47.0 Å². The van der Waals surface area contributed by atoms with Gasteiger partial charge in [0.1, 0.15) is 0 Å². The summed E-state index contributed by atoms with van der Waals surface area (Å²) in [5.41, 5.74) is 4.71. The predicted octanol–water partition coefficient (Wildman–Crippen LogP) is 6.31. The molecule has 0 saturated heterocycles. The minimum atomic E-state index is 0.0811.